The van der Waals surface area contributed by atoms with Crippen molar-refractivity contribution in [1.82, 2.24) is 6.15 Å². The van der Waals surface area contributed by atoms with Gasteiger partial charge in [0.05, 0.1) is 0 Å². The number of rotatable bonds is 9. The molecule has 0 radical (unpaired) electrons. The third-order valence-electron chi connectivity index (χ3n) is 3.22. The Balaban J connectivity index is 0. The summed E-state index contributed by atoms with van der Waals surface area (Å²) in [6.45, 7) is 2.70. The van der Waals surface area contributed by atoms with Gasteiger partial charge in [-0.2, -0.15) is 0 Å². The first kappa shape index (κ1) is 23.5. The van der Waals surface area contributed by atoms with E-state index in [1.165, 1.54) is 24.8 Å². The van der Waals surface area contributed by atoms with Crippen LogP contribution in [0.4, 0.5) is 0 Å². The smallest absolute Gasteiger partial charge is 0.320 e. The van der Waals surface area contributed by atoms with Crippen molar-refractivity contribution in [3.05, 3.63) is 35.4 Å². The summed E-state index contributed by atoms with van der Waals surface area (Å²) in [5.41, 5.74) is 12.4. The van der Waals surface area contributed by atoms with Crippen LogP contribution in [0, 0.1) is 0 Å². The molecule has 1 rings (SSSR count). The molecule has 6 nitrogen and oxygen atoms in total. The molecule has 0 aromatic heterocycles. The first-order valence-corrected chi connectivity index (χ1v) is 7.77. The normalized spacial score (nSPS) is 10.7. The molecule has 0 bridgehead atoms. The Labute approximate surface area is 138 Å². The van der Waals surface area contributed by atoms with Crippen LogP contribution in [-0.2, 0) is 11.2 Å². The Hall–Kier alpha value is -1.76. The number of unbranched alkanes of at least 4 members (excludes halogenated alkanes) is 2. The zero-order valence-corrected chi connectivity index (χ0v) is 14.0. The third-order valence-corrected chi connectivity index (χ3v) is 3.22. The molecule has 0 saturated carbocycles. The number of carbonyl (C=O) groups is 2. The second-order valence-corrected chi connectivity index (χ2v) is 5.19. The van der Waals surface area contributed by atoms with Crippen LogP contribution in [-0.4, -0.2) is 29.9 Å². The quantitative estimate of drug-likeness (QED) is 0.406. The van der Waals surface area contributed by atoms with E-state index in [2.05, 4.69) is 6.92 Å². The number of benzene rings is 1. The minimum absolute atomic E-state index is 0. The van der Waals surface area contributed by atoms with Crippen LogP contribution in [0.5, 0.6) is 0 Å². The predicted octanol–water partition coefficient (Wildman–Crippen LogP) is 2.53. The van der Waals surface area contributed by atoms with Crippen molar-refractivity contribution in [2.24, 2.45) is 11.5 Å². The minimum Gasteiger partial charge on any atom is -0.480 e. The second kappa shape index (κ2) is 15.1. The largest absolute Gasteiger partial charge is 0.480 e. The lowest BCUT2D eigenvalue weighted by atomic mass is 10.1. The number of carbonyl (C=O) groups excluding carboxylic acids is 1. The highest BCUT2D eigenvalue weighted by Crippen LogP contribution is 2.07. The van der Waals surface area contributed by atoms with E-state index in [1.807, 2.05) is 24.3 Å². The van der Waals surface area contributed by atoms with Gasteiger partial charge in [-0.3, -0.25) is 9.59 Å². The van der Waals surface area contributed by atoms with Crippen molar-refractivity contribution >= 4 is 12.3 Å². The lowest BCUT2D eigenvalue weighted by Gasteiger charge is -2.02. The molecule has 0 saturated heterocycles. The highest BCUT2D eigenvalue weighted by atomic mass is 16.4. The maximum Gasteiger partial charge on any atom is 0.320 e. The molecule has 0 spiro atoms. The molecule has 1 aromatic rings. The fraction of sp³-hybridized carbons (Fsp3) is 0.529. The number of carboxylic acids is 1. The third kappa shape index (κ3) is 12.5. The van der Waals surface area contributed by atoms with Gasteiger partial charge in [0, 0.05) is 5.56 Å². The second-order valence-electron chi connectivity index (χ2n) is 5.19. The molecule has 23 heavy (non-hydrogen) atoms. The lowest BCUT2D eigenvalue weighted by Crippen LogP contribution is -2.30. The summed E-state index contributed by atoms with van der Waals surface area (Å²) >= 11 is 0. The first-order chi connectivity index (χ1) is 10.5. The van der Waals surface area contributed by atoms with E-state index in [4.69, 9.17) is 16.6 Å². The summed E-state index contributed by atoms with van der Waals surface area (Å²) in [6.07, 6.45) is 6.95. The van der Waals surface area contributed by atoms with E-state index in [0.29, 0.717) is 19.4 Å². The van der Waals surface area contributed by atoms with Crippen LogP contribution in [0.1, 0.15) is 54.9 Å². The topological polar surface area (TPSA) is 141 Å². The van der Waals surface area contributed by atoms with Crippen LogP contribution in [0.15, 0.2) is 24.3 Å². The van der Waals surface area contributed by atoms with E-state index < -0.39 is 12.0 Å². The maximum atomic E-state index is 10.4. The molecule has 0 aliphatic carbocycles. The summed E-state index contributed by atoms with van der Waals surface area (Å²) in [4.78, 5) is 20.4. The molecule has 0 fully saturated rings. The van der Waals surface area contributed by atoms with E-state index in [1.54, 1.807) is 0 Å². The van der Waals surface area contributed by atoms with Crippen LogP contribution >= 0.6 is 0 Å². The van der Waals surface area contributed by atoms with Gasteiger partial charge in [0.25, 0.3) is 0 Å². The fourth-order valence-electron chi connectivity index (χ4n) is 1.80. The summed E-state index contributed by atoms with van der Waals surface area (Å²) in [7, 11) is 0. The first-order valence-electron chi connectivity index (χ1n) is 7.77. The molecule has 132 valence electrons. The molecule has 0 unspecified atom stereocenters. The fourth-order valence-corrected chi connectivity index (χ4v) is 1.80. The maximum absolute atomic E-state index is 10.4. The molecular weight excluding hydrogens is 294 g/mol. The molecule has 8 N–H and O–H groups in total. The van der Waals surface area contributed by atoms with Gasteiger partial charge in [-0.05, 0) is 37.8 Å². The Morgan fingerprint density at radius 1 is 1.22 bits per heavy atom. The van der Waals surface area contributed by atoms with Crippen LogP contribution < -0.4 is 17.6 Å². The summed E-state index contributed by atoms with van der Waals surface area (Å²) in [5.74, 6) is -0.955. The van der Waals surface area contributed by atoms with Gasteiger partial charge in [0.2, 0.25) is 0 Å². The average molecular weight is 325 g/mol. The van der Waals surface area contributed by atoms with Crippen LogP contribution in [0.25, 0.3) is 0 Å². The van der Waals surface area contributed by atoms with E-state index in [0.717, 1.165) is 18.3 Å². The zero-order valence-electron chi connectivity index (χ0n) is 14.0. The number of hydrogen-bond acceptors (Lipinski definition) is 5. The molecule has 0 heterocycles. The van der Waals surface area contributed by atoms with Gasteiger partial charge >= 0.3 is 5.97 Å². The molecule has 1 atom stereocenters. The summed E-state index contributed by atoms with van der Waals surface area (Å²) in [6, 6.07) is 7.11. The average Bonchev–Trinajstić information content (AvgIpc) is 2.54. The summed E-state index contributed by atoms with van der Waals surface area (Å²) < 4.78 is 0. The highest BCUT2D eigenvalue weighted by molar-refractivity contribution is 5.74. The van der Waals surface area contributed by atoms with E-state index in [9.17, 15) is 9.59 Å². The number of aryl methyl sites for hydroxylation is 1. The number of nitrogens with two attached hydrogens (primary N) is 2. The van der Waals surface area contributed by atoms with Gasteiger partial charge in [0.15, 0.2) is 0 Å². The van der Waals surface area contributed by atoms with E-state index in [-0.39, 0.29) is 6.15 Å². The molecule has 0 aliphatic rings. The van der Waals surface area contributed by atoms with E-state index >= 15 is 0 Å². The summed E-state index contributed by atoms with van der Waals surface area (Å²) in [5, 5.41) is 8.24. The Morgan fingerprint density at radius 3 is 2.26 bits per heavy atom. The zero-order chi connectivity index (χ0) is 16.8. The van der Waals surface area contributed by atoms with Crippen molar-refractivity contribution in [1.29, 1.82) is 0 Å². The van der Waals surface area contributed by atoms with Gasteiger partial charge in [0.1, 0.15) is 12.3 Å². The number of hydrogen-bond donors (Lipinski definition) is 4. The highest BCUT2D eigenvalue weighted by Gasteiger charge is 2.08. The Morgan fingerprint density at radius 2 is 1.83 bits per heavy atom. The van der Waals surface area contributed by atoms with Crippen LogP contribution in [0.2, 0.25) is 0 Å². The lowest BCUT2D eigenvalue weighted by molar-refractivity contribution is -0.138. The SMILES string of the molecule is CCCCCc1ccc(C=O)cc1.N.NCCC[C@H](N)C(=O)O. The van der Waals surface area contributed by atoms with Crippen molar-refractivity contribution < 1.29 is 14.7 Å². The van der Waals surface area contributed by atoms with Gasteiger partial charge in [-0.15, -0.1) is 0 Å². The number of aldehydes is 1. The van der Waals surface area contributed by atoms with Crippen molar-refractivity contribution in [3.8, 4) is 0 Å². The Bertz CT molecular complexity index is 422. The van der Waals surface area contributed by atoms with Crippen molar-refractivity contribution in [2.45, 2.75) is 51.5 Å². The number of carboxylic acid groups (broad SMARTS) is 1. The van der Waals surface area contributed by atoms with Gasteiger partial charge in [-0.25, -0.2) is 0 Å². The Kier molecular flexibility index (Phi) is 15.5. The van der Waals surface area contributed by atoms with Crippen LogP contribution in [0.3, 0.4) is 0 Å². The molecule has 1 aromatic carbocycles. The number of aliphatic carboxylic acids is 1. The monoisotopic (exact) mass is 325 g/mol. The molecule has 0 aliphatic heterocycles. The minimum atomic E-state index is -0.955. The standard InChI is InChI=1S/C12H16O.C5H12N2O2.H3N/c1-2-3-4-5-11-6-8-12(10-13)9-7-11;6-3-1-2-4(7)5(8)9;/h6-10H,2-5H2,1H3;4H,1-3,6-7H2,(H,8,9);1H3/t;4-;/m.0./s1. The van der Waals surface area contributed by atoms with Crippen molar-refractivity contribution in [2.75, 3.05) is 6.54 Å². The van der Waals surface area contributed by atoms with Crippen molar-refractivity contribution in [3.63, 3.8) is 0 Å². The molecule has 0 amide bonds. The molecule has 6 heteroatoms. The van der Waals surface area contributed by atoms with Gasteiger partial charge in [-0.1, -0.05) is 44.0 Å². The van der Waals surface area contributed by atoms with Gasteiger partial charge < -0.3 is 22.7 Å². The predicted molar refractivity (Wildman–Crippen MR) is 94.0 cm³/mol. The molecular formula is C17H31N3O3.